The molecular weight excluding hydrogens is 360 g/mol. The van der Waals surface area contributed by atoms with Crippen molar-refractivity contribution in [3.8, 4) is 10.7 Å². The Morgan fingerprint density at radius 1 is 1.30 bits per heavy atom. The standard InChI is InChI=1S/C13H9ClN4O3S2/c14-11-4-3-9(23-11)8(19)7-21-12(20)6-18-16-13(15-17-18)10-2-1-5-22-10/h1-5H,6-7H2. The summed E-state index contributed by atoms with van der Waals surface area (Å²) in [6.07, 6.45) is 0. The van der Waals surface area contributed by atoms with Crippen LogP contribution >= 0.6 is 34.3 Å². The van der Waals surface area contributed by atoms with Crippen LogP contribution in [0.4, 0.5) is 0 Å². The molecule has 0 bridgehead atoms. The highest BCUT2D eigenvalue weighted by atomic mass is 35.5. The van der Waals surface area contributed by atoms with Gasteiger partial charge in [0.25, 0.3) is 0 Å². The number of rotatable bonds is 6. The number of tetrazole rings is 1. The van der Waals surface area contributed by atoms with Crippen molar-refractivity contribution in [2.75, 3.05) is 6.61 Å². The second kappa shape index (κ2) is 6.99. The molecule has 0 aliphatic carbocycles. The van der Waals surface area contributed by atoms with Crippen molar-refractivity contribution in [1.29, 1.82) is 0 Å². The maximum atomic E-state index is 11.8. The molecule has 0 aromatic carbocycles. The fourth-order valence-electron chi connectivity index (χ4n) is 1.66. The van der Waals surface area contributed by atoms with E-state index >= 15 is 0 Å². The van der Waals surface area contributed by atoms with Crippen molar-refractivity contribution in [3.05, 3.63) is 38.9 Å². The minimum absolute atomic E-state index is 0.211. The molecule has 3 heterocycles. The van der Waals surface area contributed by atoms with Crippen LogP contribution in [0.15, 0.2) is 29.6 Å². The van der Waals surface area contributed by atoms with E-state index in [-0.39, 0.29) is 18.9 Å². The van der Waals surface area contributed by atoms with Crippen LogP contribution in [0.3, 0.4) is 0 Å². The van der Waals surface area contributed by atoms with E-state index in [1.54, 1.807) is 12.1 Å². The van der Waals surface area contributed by atoms with E-state index in [0.29, 0.717) is 15.0 Å². The number of aromatic nitrogens is 4. The van der Waals surface area contributed by atoms with Crippen LogP contribution < -0.4 is 0 Å². The molecule has 23 heavy (non-hydrogen) atoms. The Labute approximate surface area is 143 Å². The molecule has 3 aromatic rings. The van der Waals surface area contributed by atoms with Gasteiger partial charge in [-0.2, -0.15) is 4.80 Å². The molecule has 0 unspecified atom stereocenters. The lowest BCUT2D eigenvalue weighted by atomic mass is 10.3. The van der Waals surface area contributed by atoms with Crippen LogP contribution in [0.2, 0.25) is 4.34 Å². The van der Waals surface area contributed by atoms with Gasteiger partial charge in [0.2, 0.25) is 11.6 Å². The molecule has 0 atom stereocenters. The van der Waals surface area contributed by atoms with E-state index < -0.39 is 5.97 Å². The molecule has 10 heteroatoms. The number of carbonyl (C=O) groups is 2. The number of Topliss-reactive ketones (excluding diaryl/α,β-unsaturated/α-hetero) is 1. The van der Waals surface area contributed by atoms with Crippen LogP contribution in [0, 0.1) is 0 Å². The van der Waals surface area contributed by atoms with Gasteiger partial charge in [-0.15, -0.1) is 32.9 Å². The van der Waals surface area contributed by atoms with Gasteiger partial charge in [0.15, 0.2) is 13.2 Å². The Balaban J connectivity index is 1.52. The van der Waals surface area contributed by atoms with Crippen LogP contribution in [-0.2, 0) is 16.1 Å². The van der Waals surface area contributed by atoms with Gasteiger partial charge in [0.05, 0.1) is 14.1 Å². The van der Waals surface area contributed by atoms with Gasteiger partial charge in [0.1, 0.15) is 0 Å². The maximum absolute atomic E-state index is 11.8. The molecule has 0 spiro atoms. The van der Waals surface area contributed by atoms with Crippen molar-refractivity contribution in [2.45, 2.75) is 6.54 Å². The molecule has 0 aliphatic heterocycles. The first-order valence-corrected chi connectivity index (χ1v) is 8.45. The fourth-order valence-corrected chi connectivity index (χ4v) is 3.27. The van der Waals surface area contributed by atoms with Gasteiger partial charge >= 0.3 is 5.97 Å². The molecule has 0 amide bonds. The van der Waals surface area contributed by atoms with E-state index in [2.05, 4.69) is 15.4 Å². The van der Waals surface area contributed by atoms with E-state index in [4.69, 9.17) is 16.3 Å². The predicted molar refractivity (Wildman–Crippen MR) is 85.7 cm³/mol. The van der Waals surface area contributed by atoms with Gasteiger partial charge in [-0.25, -0.2) is 4.79 Å². The lowest BCUT2D eigenvalue weighted by molar-refractivity contribution is -0.143. The van der Waals surface area contributed by atoms with E-state index in [9.17, 15) is 9.59 Å². The first kappa shape index (κ1) is 15.8. The van der Waals surface area contributed by atoms with E-state index in [1.165, 1.54) is 11.3 Å². The lowest BCUT2D eigenvalue weighted by Crippen LogP contribution is -2.19. The third-order valence-electron chi connectivity index (χ3n) is 2.68. The number of nitrogens with zero attached hydrogens (tertiary/aromatic N) is 4. The molecule has 7 nitrogen and oxygen atoms in total. The van der Waals surface area contributed by atoms with Crippen molar-refractivity contribution in [3.63, 3.8) is 0 Å². The molecule has 118 valence electrons. The Morgan fingerprint density at radius 3 is 2.87 bits per heavy atom. The molecule has 3 rings (SSSR count). The highest BCUT2D eigenvalue weighted by Crippen LogP contribution is 2.22. The Kier molecular flexibility index (Phi) is 4.79. The Morgan fingerprint density at radius 2 is 2.17 bits per heavy atom. The first-order chi connectivity index (χ1) is 11.1. The summed E-state index contributed by atoms with van der Waals surface area (Å²) in [6, 6.07) is 6.94. The van der Waals surface area contributed by atoms with Gasteiger partial charge in [0, 0.05) is 0 Å². The van der Waals surface area contributed by atoms with Crippen molar-refractivity contribution in [1.82, 2.24) is 20.2 Å². The molecule has 3 aromatic heterocycles. The molecule has 0 saturated heterocycles. The number of carbonyl (C=O) groups excluding carboxylic acids is 2. The molecule has 0 fully saturated rings. The summed E-state index contributed by atoms with van der Waals surface area (Å²) in [7, 11) is 0. The van der Waals surface area contributed by atoms with Crippen molar-refractivity contribution < 1.29 is 14.3 Å². The predicted octanol–water partition coefficient (Wildman–Crippen LogP) is 2.54. The summed E-state index contributed by atoms with van der Waals surface area (Å²) in [5.74, 6) is -0.477. The van der Waals surface area contributed by atoms with Crippen LogP contribution in [-0.4, -0.2) is 38.6 Å². The topological polar surface area (TPSA) is 87.0 Å². The monoisotopic (exact) mass is 368 g/mol. The van der Waals surface area contributed by atoms with Gasteiger partial charge in [-0.1, -0.05) is 17.7 Å². The highest BCUT2D eigenvalue weighted by Gasteiger charge is 2.14. The highest BCUT2D eigenvalue weighted by molar-refractivity contribution is 7.18. The molecule has 0 aliphatic rings. The number of hydrogen-bond donors (Lipinski definition) is 0. The van der Waals surface area contributed by atoms with Gasteiger partial charge < -0.3 is 4.74 Å². The average Bonchev–Trinajstić information content (AvgIpc) is 3.25. The Hall–Kier alpha value is -2.10. The first-order valence-electron chi connectivity index (χ1n) is 6.37. The molecule has 0 N–H and O–H groups in total. The number of esters is 1. The van der Waals surface area contributed by atoms with Crippen LogP contribution in [0.25, 0.3) is 10.7 Å². The largest absolute Gasteiger partial charge is 0.456 e. The quantitative estimate of drug-likeness (QED) is 0.491. The minimum atomic E-state index is -0.615. The average molecular weight is 369 g/mol. The zero-order chi connectivity index (χ0) is 16.2. The number of ether oxygens (including phenoxy) is 1. The number of ketones is 1. The summed E-state index contributed by atoms with van der Waals surface area (Å²) in [5.41, 5.74) is 0. The number of halogens is 1. The zero-order valence-electron chi connectivity index (χ0n) is 11.5. The van der Waals surface area contributed by atoms with Crippen molar-refractivity contribution >= 4 is 46.0 Å². The maximum Gasteiger partial charge on any atom is 0.330 e. The summed E-state index contributed by atoms with van der Waals surface area (Å²) in [5, 5.41) is 13.6. The van der Waals surface area contributed by atoms with Crippen LogP contribution in [0.5, 0.6) is 0 Å². The van der Waals surface area contributed by atoms with Crippen molar-refractivity contribution in [2.24, 2.45) is 0 Å². The molecular formula is C13H9ClN4O3S2. The molecule has 0 saturated carbocycles. The smallest absolute Gasteiger partial charge is 0.330 e. The fraction of sp³-hybridized carbons (Fsp3) is 0.154. The summed E-state index contributed by atoms with van der Waals surface area (Å²) < 4.78 is 5.43. The Bertz CT molecular complexity index is 828. The second-order valence-corrected chi connectivity index (χ2v) is 6.97. The van der Waals surface area contributed by atoms with E-state index in [0.717, 1.165) is 21.0 Å². The van der Waals surface area contributed by atoms with Gasteiger partial charge in [-0.3, -0.25) is 4.79 Å². The number of thiophene rings is 2. The normalized spacial score (nSPS) is 10.7. The zero-order valence-corrected chi connectivity index (χ0v) is 13.9. The minimum Gasteiger partial charge on any atom is -0.456 e. The second-order valence-electron chi connectivity index (χ2n) is 4.31. The summed E-state index contributed by atoms with van der Waals surface area (Å²) in [6.45, 7) is -0.557. The SMILES string of the molecule is O=C(Cn1nnc(-c2cccs2)n1)OCC(=O)c1ccc(Cl)s1. The summed E-state index contributed by atoms with van der Waals surface area (Å²) >= 11 is 8.36. The van der Waals surface area contributed by atoms with E-state index in [1.807, 2.05) is 17.5 Å². The van der Waals surface area contributed by atoms with Crippen LogP contribution in [0.1, 0.15) is 9.67 Å². The van der Waals surface area contributed by atoms with Gasteiger partial charge in [-0.05, 0) is 28.8 Å². The third kappa shape index (κ3) is 4.01. The lowest BCUT2D eigenvalue weighted by Gasteiger charge is -2.02. The third-order valence-corrected chi connectivity index (χ3v) is 4.82. The summed E-state index contributed by atoms with van der Waals surface area (Å²) in [4.78, 5) is 26.0. The molecule has 0 radical (unpaired) electrons. The number of hydrogen-bond acceptors (Lipinski definition) is 8.